The number of likely N-dealkylation sites (N-methyl/N-ethyl adjacent to an activating group) is 1. The van der Waals surface area contributed by atoms with E-state index in [-0.39, 0.29) is 6.54 Å². The molecular formula is C14H16F3N3O2. The van der Waals surface area contributed by atoms with E-state index in [9.17, 15) is 22.8 Å². The van der Waals surface area contributed by atoms with Crippen molar-refractivity contribution in [1.29, 1.82) is 5.26 Å². The molecule has 1 aromatic heterocycles. The Morgan fingerprint density at radius 3 is 2.64 bits per heavy atom. The van der Waals surface area contributed by atoms with Crippen LogP contribution in [-0.2, 0) is 17.5 Å². The van der Waals surface area contributed by atoms with Gasteiger partial charge in [-0.3, -0.25) is 9.59 Å². The lowest BCUT2D eigenvalue weighted by Crippen LogP contribution is -2.39. The van der Waals surface area contributed by atoms with Crippen LogP contribution in [0, 0.1) is 17.2 Å². The van der Waals surface area contributed by atoms with Crippen LogP contribution in [0.25, 0.3) is 0 Å². The van der Waals surface area contributed by atoms with Crippen LogP contribution < -0.4 is 5.56 Å². The average molecular weight is 315 g/mol. The van der Waals surface area contributed by atoms with E-state index in [0.717, 1.165) is 16.8 Å². The Morgan fingerprint density at radius 2 is 2.14 bits per heavy atom. The van der Waals surface area contributed by atoms with Crippen LogP contribution in [0.4, 0.5) is 13.2 Å². The highest BCUT2D eigenvalue weighted by molar-refractivity contribution is 5.76. The van der Waals surface area contributed by atoms with Crippen molar-refractivity contribution in [3.05, 3.63) is 34.2 Å². The lowest BCUT2D eigenvalue weighted by Gasteiger charge is -2.22. The summed E-state index contributed by atoms with van der Waals surface area (Å²) in [5.74, 6) is -0.909. The molecule has 0 unspecified atom stereocenters. The number of nitriles is 1. The van der Waals surface area contributed by atoms with Gasteiger partial charge in [-0.05, 0) is 26.0 Å². The summed E-state index contributed by atoms with van der Waals surface area (Å²) in [6.07, 6.45) is -3.63. The molecule has 0 spiro atoms. The van der Waals surface area contributed by atoms with Gasteiger partial charge in [-0.25, -0.2) is 0 Å². The number of aromatic nitrogens is 1. The molecule has 0 aliphatic heterocycles. The molecule has 0 aromatic carbocycles. The van der Waals surface area contributed by atoms with Crippen molar-refractivity contribution in [3.8, 4) is 6.07 Å². The van der Waals surface area contributed by atoms with Crippen LogP contribution in [-0.4, -0.2) is 28.5 Å². The molecule has 0 saturated heterocycles. The molecular weight excluding hydrogens is 299 g/mol. The summed E-state index contributed by atoms with van der Waals surface area (Å²) >= 11 is 0. The normalized spacial score (nSPS) is 12.5. The number of hydrogen-bond acceptors (Lipinski definition) is 3. The highest BCUT2D eigenvalue weighted by Gasteiger charge is 2.34. The second-order valence-electron chi connectivity index (χ2n) is 4.82. The molecule has 1 amide bonds. The second-order valence-corrected chi connectivity index (χ2v) is 4.82. The Kier molecular flexibility index (Phi) is 5.74. The first-order valence-corrected chi connectivity index (χ1v) is 6.64. The largest absolute Gasteiger partial charge is 0.421 e. The van der Waals surface area contributed by atoms with E-state index >= 15 is 0 Å². The summed E-state index contributed by atoms with van der Waals surface area (Å²) in [5.41, 5.74) is -2.57. The molecule has 0 N–H and O–H groups in total. The van der Waals surface area contributed by atoms with E-state index in [1.807, 2.05) is 6.07 Å². The number of hydrogen-bond donors (Lipinski definition) is 0. The van der Waals surface area contributed by atoms with Crippen molar-refractivity contribution in [3.63, 3.8) is 0 Å². The zero-order valence-corrected chi connectivity index (χ0v) is 12.2. The fourth-order valence-electron chi connectivity index (χ4n) is 1.90. The molecule has 8 heteroatoms. The molecule has 1 atom stereocenters. The summed E-state index contributed by atoms with van der Waals surface area (Å²) < 4.78 is 38.7. The Labute approximate surface area is 125 Å². The van der Waals surface area contributed by atoms with Gasteiger partial charge in [0.05, 0.1) is 12.0 Å². The first-order valence-electron chi connectivity index (χ1n) is 6.64. The molecule has 0 aliphatic rings. The Morgan fingerprint density at radius 1 is 1.50 bits per heavy atom. The van der Waals surface area contributed by atoms with Crippen molar-refractivity contribution in [2.75, 3.05) is 13.1 Å². The fraction of sp³-hybridized carbons (Fsp3) is 0.500. The van der Waals surface area contributed by atoms with E-state index in [0.29, 0.717) is 12.6 Å². The van der Waals surface area contributed by atoms with Gasteiger partial charge in [0.15, 0.2) is 0 Å². The summed E-state index contributed by atoms with van der Waals surface area (Å²) in [5, 5.41) is 8.75. The van der Waals surface area contributed by atoms with Crippen LogP contribution in [0.15, 0.2) is 23.1 Å². The van der Waals surface area contributed by atoms with E-state index in [4.69, 9.17) is 5.26 Å². The topological polar surface area (TPSA) is 66.1 Å². The lowest BCUT2D eigenvalue weighted by atomic mass is 10.2. The second kappa shape index (κ2) is 7.11. The Hall–Kier alpha value is -2.30. The Bertz CT molecular complexity index is 631. The van der Waals surface area contributed by atoms with Gasteiger partial charge in [-0.2, -0.15) is 18.4 Å². The monoisotopic (exact) mass is 315 g/mol. The fourth-order valence-corrected chi connectivity index (χ4v) is 1.90. The van der Waals surface area contributed by atoms with Gasteiger partial charge in [-0.15, -0.1) is 0 Å². The van der Waals surface area contributed by atoms with E-state index < -0.39 is 35.7 Å². The number of nitrogens with zero attached hydrogens (tertiary/aromatic N) is 3. The number of carbonyl (C=O) groups is 1. The van der Waals surface area contributed by atoms with Crippen LogP contribution in [0.3, 0.4) is 0 Å². The minimum atomic E-state index is -4.76. The molecule has 1 rings (SSSR count). The molecule has 0 saturated carbocycles. The van der Waals surface area contributed by atoms with Crippen molar-refractivity contribution in [1.82, 2.24) is 9.47 Å². The number of carbonyl (C=O) groups excluding carboxylic acids is 1. The molecule has 0 radical (unpaired) electrons. The SMILES string of the molecule is CCN(C[C@H](C)C#N)C(=O)Cn1cccc(C(F)(F)F)c1=O. The summed E-state index contributed by atoms with van der Waals surface area (Å²) in [6, 6.07) is 3.73. The zero-order valence-electron chi connectivity index (χ0n) is 12.2. The standard InChI is InChI=1S/C14H16F3N3O2/c1-3-19(8-10(2)7-18)12(21)9-20-6-4-5-11(13(20)22)14(15,16)17/h4-6,10H,3,8-9H2,1-2H3/t10-/m1/s1. The maximum atomic E-state index is 12.7. The third kappa shape index (κ3) is 4.35. The quantitative estimate of drug-likeness (QED) is 0.833. The van der Waals surface area contributed by atoms with E-state index in [2.05, 4.69) is 0 Å². The van der Waals surface area contributed by atoms with E-state index in [1.54, 1.807) is 13.8 Å². The van der Waals surface area contributed by atoms with Crippen LogP contribution in [0.2, 0.25) is 0 Å². The number of halogens is 3. The molecule has 5 nitrogen and oxygen atoms in total. The third-order valence-electron chi connectivity index (χ3n) is 3.08. The maximum Gasteiger partial charge on any atom is 0.421 e. The predicted octanol–water partition coefficient (Wildman–Crippen LogP) is 1.88. The lowest BCUT2D eigenvalue weighted by molar-refractivity contribution is -0.139. The third-order valence-corrected chi connectivity index (χ3v) is 3.08. The van der Waals surface area contributed by atoms with Crippen molar-refractivity contribution < 1.29 is 18.0 Å². The summed E-state index contributed by atoms with van der Waals surface area (Å²) in [7, 11) is 0. The van der Waals surface area contributed by atoms with Crippen molar-refractivity contribution >= 4 is 5.91 Å². The Balaban J connectivity index is 2.98. The number of rotatable bonds is 5. The molecule has 0 aliphatic carbocycles. The average Bonchev–Trinajstić information content (AvgIpc) is 2.45. The van der Waals surface area contributed by atoms with Gasteiger partial charge in [0.25, 0.3) is 5.56 Å². The predicted molar refractivity (Wildman–Crippen MR) is 72.7 cm³/mol. The van der Waals surface area contributed by atoms with Crippen LogP contribution in [0.1, 0.15) is 19.4 Å². The number of amides is 1. The van der Waals surface area contributed by atoms with Gasteiger partial charge in [0.2, 0.25) is 5.91 Å². The van der Waals surface area contributed by atoms with Crippen molar-refractivity contribution in [2.45, 2.75) is 26.6 Å². The maximum absolute atomic E-state index is 12.7. The van der Waals surface area contributed by atoms with E-state index in [1.165, 1.54) is 4.90 Å². The highest BCUT2D eigenvalue weighted by atomic mass is 19.4. The minimum Gasteiger partial charge on any atom is -0.340 e. The number of pyridine rings is 1. The highest BCUT2D eigenvalue weighted by Crippen LogP contribution is 2.25. The summed E-state index contributed by atoms with van der Waals surface area (Å²) in [4.78, 5) is 25.2. The molecule has 1 heterocycles. The van der Waals surface area contributed by atoms with Gasteiger partial charge >= 0.3 is 6.18 Å². The van der Waals surface area contributed by atoms with Crippen molar-refractivity contribution in [2.24, 2.45) is 5.92 Å². The number of alkyl halides is 3. The van der Waals surface area contributed by atoms with Gasteiger partial charge in [0, 0.05) is 19.3 Å². The van der Waals surface area contributed by atoms with Crippen LogP contribution in [0.5, 0.6) is 0 Å². The smallest absolute Gasteiger partial charge is 0.340 e. The molecule has 1 aromatic rings. The van der Waals surface area contributed by atoms with Gasteiger partial charge < -0.3 is 9.47 Å². The molecule has 0 bridgehead atoms. The minimum absolute atomic E-state index is 0.166. The summed E-state index contributed by atoms with van der Waals surface area (Å²) in [6.45, 7) is 3.30. The molecule has 120 valence electrons. The van der Waals surface area contributed by atoms with Gasteiger partial charge in [-0.1, -0.05) is 0 Å². The molecule has 0 fully saturated rings. The molecule has 22 heavy (non-hydrogen) atoms. The zero-order chi connectivity index (χ0) is 16.9. The first kappa shape index (κ1) is 17.8. The first-order chi connectivity index (χ1) is 10.2. The van der Waals surface area contributed by atoms with Crippen LogP contribution >= 0.6 is 0 Å². The van der Waals surface area contributed by atoms with Gasteiger partial charge in [0.1, 0.15) is 12.1 Å².